The van der Waals surface area contributed by atoms with Crippen LogP contribution in [0.25, 0.3) is 5.65 Å². The molecule has 1 aromatic carbocycles. The summed E-state index contributed by atoms with van der Waals surface area (Å²) in [4.78, 5) is 16.8. The minimum Gasteiger partial charge on any atom is -0.321 e. The number of carbonyl (C=O) groups is 1. The van der Waals surface area contributed by atoms with Gasteiger partial charge in [-0.05, 0) is 53.2 Å². The third kappa shape index (κ3) is 2.67. The zero-order valence-corrected chi connectivity index (χ0v) is 12.7. The maximum Gasteiger partial charge on any atom is 0.274 e. The lowest BCUT2D eigenvalue weighted by atomic mass is 10.2. The van der Waals surface area contributed by atoms with Crippen LogP contribution in [0.1, 0.15) is 16.2 Å². The number of benzene rings is 1. The molecule has 3 rings (SSSR count). The van der Waals surface area contributed by atoms with Crippen LogP contribution in [-0.2, 0) is 0 Å². The first-order valence-electron chi connectivity index (χ1n) is 6.26. The first-order chi connectivity index (χ1) is 10.0. The summed E-state index contributed by atoms with van der Waals surface area (Å²) in [5, 5.41) is 2.68. The summed E-state index contributed by atoms with van der Waals surface area (Å²) in [6.07, 6.45) is 1.77. The average Bonchev–Trinajstić information content (AvgIpc) is 2.74. The van der Waals surface area contributed by atoms with E-state index in [-0.39, 0.29) is 5.91 Å². The first-order valence-corrected chi connectivity index (χ1v) is 7.05. The number of nitrogens with zero attached hydrogens (tertiary/aromatic N) is 2. The van der Waals surface area contributed by atoms with Crippen LogP contribution in [0.5, 0.6) is 0 Å². The fraction of sp³-hybridized carbons (Fsp3) is 0.0667. The molecule has 2 heterocycles. The van der Waals surface area contributed by atoms with E-state index in [1.165, 1.54) is 12.1 Å². The molecular formula is C15H11BrFN3O. The van der Waals surface area contributed by atoms with Crippen molar-refractivity contribution in [3.63, 3.8) is 0 Å². The Labute approximate surface area is 128 Å². The number of carbonyl (C=O) groups excluding carboxylic acids is 1. The molecule has 0 saturated heterocycles. The standard InChI is InChI=1S/C15H11BrFN3O/c1-9-14(20-8-10(16)5-6-13(20)18-9)15(21)19-12-4-2-3-11(17)7-12/h2-8H,1H3,(H,19,21). The largest absolute Gasteiger partial charge is 0.321 e. The number of anilines is 1. The van der Waals surface area contributed by atoms with Gasteiger partial charge in [0.2, 0.25) is 0 Å². The van der Waals surface area contributed by atoms with E-state index in [9.17, 15) is 9.18 Å². The molecule has 0 unspecified atom stereocenters. The van der Waals surface area contributed by atoms with Crippen LogP contribution >= 0.6 is 15.9 Å². The van der Waals surface area contributed by atoms with E-state index < -0.39 is 5.82 Å². The fourth-order valence-corrected chi connectivity index (χ4v) is 2.50. The molecule has 0 aliphatic carbocycles. The molecule has 0 fully saturated rings. The summed E-state index contributed by atoms with van der Waals surface area (Å²) in [5.74, 6) is -0.728. The van der Waals surface area contributed by atoms with Gasteiger partial charge in [-0.15, -0.1) is 0 Å². The van der Waals surface area contributed by atoms with E-state index in [0.29, 0.717) is 22.7 Å². The molecule has 0 saturated carbocycles. The SMILES string of the molecule is Cc1nc2ccc(Br)cn2c1C(=O)Nc1cccc(F)c1. The van der Waals surface area contributed by atoms with E-state index in [2.05, 4.69) is 26.2 Å². The number of aromatic nitrogens is 2. The quantitative estimate of drug-likeness (QED) is 0.766. The predicted molar refractivity (Wildman–Crippen MR) is 82.0 cm³/mol. The lowest BCUT2D eigenvalue weighted by molar-refractivity contribution is 0.102. The van der Waals surface area contributed by atoms with Crippen LogP contribution in [0, 0.1) is 12.7 Å². The number of nitrogens with one attached hydrogen (secondary N) is 1. The molecule has 3 aromatic rings. The van der Waals surface area contributed by atoms with Crippen molar-refractivity contribution in [3.05, 3.63) is 64.3 Å². The third-order valence-electron chi connectivity index (χ3n) is 3.05. The predicted octanol–water partition coefficient (Wildman–Crippen LogP) is 3.80. The lowest BCUT2D eigenvalue weighted by Crippen LogP contribution is -2.15. The zero-order chi connectivity index (χ0) is 15.0. The number of halogens is 2. The Bertz CT molecular complexity index is 844. The smallest absolute Gasteiger partial charge is 0.274 e. The van der Waals surface area contributed by atoms with Gasteiger partial charge < -0.3 is 5.32 Å². The van der Waals surface area contributed by atoms with Crippen molar-refractivity contribution in [2.45, 2.75) is 6.92 Å². The number of fused-ring (bicyclic) bond motifs is 1. The summed E-state index contributed by atoms with van der Waals surface area (Å²) in [7, 11) is 0. The second-order valence-electron chi connectivity index (χ2n) is 4.59. The number of rotatable bonds is 2. The number of amides is 1. The van der Waals surface area contributed by atoms with Crippen molar-refractivity contribution in [2.24, 2.45) is 0 Å². The van der Waals surface area contributed by atoms with Crippen molar-refractivity contribution in [3.8, 4) is 0 Å². The molecule has 106 valence electrons. The Kier molecular flexibility index (Phi) is 3.47. The monoisotopic (exact) mass is 347 g/mol. The third-order valence-corrected chi connectivity index (χ3v) is 3.52. The molecule has 1 amide bonds. The lowest BCUT2D eigenvalue weighted by Gasteiger charge is -2.06. The molecule has 4 nitrogen and oxygen atoms in total. The van der Waals surface area contributed by atoms with Gasteiger partial charge in [0.25, 0.3) is 5.91 Å². The van der Waals surface area contributed by atoms with Crippen molar-refractivity contribution >= 4 is 33.2 Å². The van der Waals surface area contributed by atoms with Crippen LogP contribution in [0.15, 0.2) is 47.1 Å². The van der Waals surface area contributed by atoms with Crippen LogP contribution < -0.4 is 5.32 Å². The van der Waals surface area contributed by atoms with Gasteiger partial charge in [0.1, 0.15) is 17.2 Å². The second kappa shape index (κ2) is 5.29. The molecule has 0 radical (unpaired) electrons. The molecule has 1 N–H and O–H groups in total. The molecular weight excluding hydrogens is 337 g/mol. The van der Waals surface area contributed by atoms with Gasteiger partial charge in [0.05, 0.1) is 5.69 Å². The van der Waals surface area contributed by atoms with Gasteiger partial charge >= 0.3 is 0 Å². The van der Waals surface area contributed by atoms with E-state index >= 15 is 0 Å². The van der Waals surface area contributed by atoms with Gasteiger partial charge in [0.15, 0.2) is 0 Å². The highest BCUT2D eigenvalue weighted by atomic mass is 79.9. The topological polar surface area (TPSA) is 46.4 Å². The van der Waals surface area contributed by atoms with Crippen LogP contribution in [0.3, 0.4) is 0 Å². The van der Waals surface area contributed by atoms with Crippen LogP contribution in [0.4, 0.5) is 10.1 Å². The zero-order valence-electron chi connectivity index (χ0n) is 11.1. The van der Waals surface area contributed by atoms with Crippen molar-refractivity contribution in [1.82, 2.24) is 9.38 Å². The van der Waals surface area contributed by atoms with Crippen molar-refractivity contribution in [1.29, 1.82) is 0 Å². The van der Waals surface area contributed by atoms with Crippen LogP contribution in [-0.4, -0.2) is 15.3 Å². The van der Waals surface area contributed by atoms with Gasteiger partial charge in [-0.1, -0.05) is 6.07 Å². The van der Waals surface area contributed by atoms with E-state index in [1.807, 2.05) is 12.1 Å². The normalized spacial score (nSPS) is 10.8. The number of hydrogen-bond donors (Lipinski definition) is 1. The summed E-state index contributed by atoms with van der Waals surface area (Å²) < 4.78 is 15.7. The minimum absolute atomic E-state index is 0.330. The second-order valence-corrected chi connectivity index (χ2v) is 5.50. The number of imidazole rings is 1. The highest BCUT2D eigenvalue weighted by Crippen LogP contribution is 2.18. The molecule has 6 heteroatoms. The maximum absolute atomic E-state index is 13.2. The Morgan fingerprint density at radius 1 is 1.33 bits per heavy atom. The number of pyridine rings is 1. The highest BCUT2D eigenvalue weighted by Gasteiger charge is 2.17. The van der Waals surface area contributed by atoms with Crippen LogP contribution in [0.2, 0.25) is 0 Å². The van der Waals surface area contributed by atoms with Gasteiger partial charge in [0, 0.05) is 16.4 Å². The molecule has 0 bridgehead atoms. The fourth-order valence-electron chi connectivity index (χ4n) is 2.17. The van der Waals surface area contributed by atoms with Crippen molar-refractivity contribution in [2.75, 3.05) is 5.32 Å². The molecule has 0 spiro atoms. The van der Waals surface area contributed by atoms with Gasteiger partial charge in [-0.3, -0.25) is 9.20 Å². The maximum atomic E-state index is 13.2. The van der Waals surface area contributed by atoms with Gasteiger partial charge in [-0.25, -0.2) is 9.37 Å². The van der Waals surface area contributed by atoms with E-state index in [1.54, 1.807) is 29.7 Å². The summed E-state index contributed by atoms with van der Waals surface area (Å²) in [6.45, 7) is 1.77. The molecule has 0 atom stereocenters. The van der Waals surface area contributed by atoms with Crippen molar-refractivity contribution < 1.29 is 9.18 Å². The Morgan fingerprint density at radius 3 is 2.90 bits per heavy atom. The molecule has 21 heavy (non-hydrogen) atoms. The molecule has 0 aliphatic heterocycles. The summed E-state index contributed by atoms with van der Waals surface area (Å²) >= 11 is 3.37. The Morgan fingerprint density at radius 2 is 2.14 bits per heavy atom. The minimum atomic E-state index is -0.398. The number of hydrogen-bond acceptors (Lipinski definition) is 2. The Balaban J connectivity index is 2.01. The van der Waals surface area contributed by atoms with E-state index in [0.717, 1.165) is 4.47 Å². The summed E-state index contributed by atoms with van der Waals surface area (Å²) in [6, 6.07) is 9.45. The summed E-state index contributed by atoms with van der Waals surface area (Å²) in [5.41, 5.74) is 2.13. The average molecular weight is 348 g/mol. The number of aryl methyl sites for hydroxylation is 1. The highest BCUT2D eigenvalue weighted by molar-refractivity contribution is 9.10. The molecule has 0 aliphatic rings. The first kappa shape index (κ1) is 13.8. The molecule has 2 aromatic heterocycles. The van der Waals surface area contributed by atoms with Gasteiger partial charge in [-0.2, -0.15) is 0 Å². The van der Waals surface area contributed by atoms with E-state index in [4.69, 9.17) is 0 Å². The Hall–Kier alpha value is -2.21.